The fraction of sp³-hybridized carbons (Fsp3) is 0.0833. The molecular formula is C24H19N3O2S. The molecule has 0 fully saturated rings. The van der Waals surface area contributed by atoms with Gasteiger partial charge in [0.15, 0.2) is 0 Å². The highest BCUT2D eigenvalue weighted by molar-refractivity contribution is 7.12. The number of benzene rings is 2. The molecule has 5 rings (SSSR count). The molecule has 6 heteroatoms. The maximum atomic E-state index is 12.5. The summed E-state index contributed by atoms with van der Waals surface area (Å²) in [5.41, 5.74) is 6.90. The quantitative estimate of drug-likeness (QED) is 0.481. The first kappa shape index (κ1) is 18.4. The minimum absolute atomic E-state index is 0.196. The maximum absolute atomic E-state index is 12.5. The summed E-state index contributed by atoms with van der Waals surface area (Å²) in [6, 6.07) is 20.0. The van der Waals surface area contributed by atoms with Gasteiger partial charge in [-0.15, -0.1) is 11.3 Å². The molecule has 3 heterocycles. The summed E-state index contributed by atoms with van der Waals surface area (Å²) in [6.45, 7) is 0.479. The normalized spacial score (nSPS) is 14.9. The average Bonchev–Trinajstić information content (AvgIpc) is 3.49. The number of nitrogens with one attached hydrogen (secondary N) is 1. The Morgan fingerprint density at radius 2 is 1.97 bits per heavy atom. The van der Waals surface area contributed by atoms with E-state index in [1.807, 2.05) is 83.9 Å². The first-order valence-electron chi connectivity index (χ1n) is 9.59. The van der Waals surface area contributed by atoms with Gasteiger partial charge in [0.25, 0.3) is 5.91 Å². The molecule has 0 unspecified atom stereocenters. The summed E-state index contributed by atoms with van der Waals surface area (Å²) in [4.78, 5) is 13.5. The minimum Gasteiger partial charge on any atom is -0.488 e. The first-order valence-corrected chi connectivity index (χ1v) is 10.5. The molecule has 1 N–H and O–H groups in total. The predicted molar refractivity (Wildman–Crippen MR) is 121 cm³/mol. The van der Waals surface area contributed by atoms with Crippen LogP contribution in [0.2, 0.25) is 0 Å². The number of rotatable bonds is 5. The van der Waals surface area contributed by atoms with Crippen LogP contribution in [-0.2, 0) is 18.4 Å². The van der Waals surface area contributed by atoms with Crippen molar-refractivity contribution < 1.29 is 9.53 Å². The Bertz CT molecular complexity index is 1290. The van der Waals surface area contributed by atoms with Crippen LogP contribution in [0.3, 0.4) is 0 Å². The van der Waals surface area contributed by atoms with Crippen molar-refractivity contribution in [3.8, 4) is 5.75 Å². The predicted octanol–water partition coefficient (Wildman–Crippen LogP) is 4.74. The van der Waals surface area contributed by atoms with Gasteiger partial charge in [-0.25, -0.2) is 5.43 Å². The zero-order chi connectivity index (χ0) is 20.5. The van der Waals surface area contributed by atoms with Gasteiger partial charge in [-0.3, -0.25) is 4.79 Å². The van der Waals surface area contributed by atoms with Crippen molar-refractivity contribution in [1.29, 1.82) is 0 Å². The van der Waals surface area contributed by atoms with Gasteiger partial charge >= 0.3 is 0 Å². The van der Waals surface area contributed by atoms with Crippen LogP contribution in [0.4, 0.5) is 0 Å². The molecule has 0 radical (unpaired) electrons. The number of hydrazone groups is 1. The van der Waals surface area contributed by atoms with E-state index in [0.29, 0.717) is 17.9 Å². The number of aryl methyl sites for hydroxylation is 1. The minimum atomic E-state index is -0.196. The van der Waals surface area contributed by atoms with Gasteiger partial charge in [0.05, 0.1) is 16.0 Å². The summed E-state index contributed by atoms with van der Waals surface area (Å²) in [7, 11) is 1.99. The Labute approximate surface area is 177 Å². The highest BCUT2D eigenvalue weighted by Crippen LogP contribution is 2.33. The van der Waals surface area contributed by atoms with E-state index in [1.54, 1.807) is 11.3 Å². The molecule has 2 aromatic carbocycles. The third kappa shape index (κ3) is 3.31. The Hall–Kier alpha value is -3.64. The molecule has 0 spiro atoms. The van der Waals surface area contributed by atoms with Crippen molar-refractivity contribution in [2.45, 2.75) is 6.61 Å². The van der Waals surface area contributed by atoms with Gasteiger partial charge < -0.3 is 9.30 Å². The smallest absolute Gasteiger partial charge is 0.273 e. The number of hydrogen-bond donors (Lipinski definition) is 1. The molecular weight excluding hydrogens is 394 g/mol. The zero-order valence-corrected chi connectivity index (χ0v) is 17.1. The molecule has 0 saturated heterocycles. The monoisotopic (exact) mass is 413 g/mol. The third-order valence-electron chi connectivity index (χ3n) is 5.07. The summed E-state index contributed by atoms with van der Waals surface area (Å²) in [5, 5.41) is 7.20. The summed E-state index contributed by atoms with van der Waals surface area (Å²) < 4.78 is 8.23. The molecule has 148 valence electrons. The zero-order valence-electron chi connectivity index (χ0n) is 16.3. The summed E-state index contributed by atoms with van der Waals surface area (Å²) >= 11 is 1.56. The lowest BCUT2D eigenvalue weighted by Gasteiger charge is -2.09. The van der Waals surface area contributed by atoms with Crippen LogP contribution in [0, 0.1) is 0 Å². The van der Waals surface area contributed by atoms with Crippen molar-refractivity contribution >= 4 is 39.9 Å². The largest absolute Gasteiger partial charge is 0.488 e. The van der Waals surface area contributed by atoms with Crippen molar-refractivity contribution in [1.82, 2.24) is 9.99 Å². The van der Waals surface area contributed by atoms with E-state index in [0.717, 1.165) is 32.7 Å². The third-order valence-corrected chi connectivity index (χ3v) is 5.94. The molecule has 1 aliphatic rings. The maximum Gasteiger partial charge on any atom is 0.273 e. The van der Waals surface area contributed by atoms with Crippen LogP contribution >= 0.6 is 11.3 Å². The topological polar surface area (TPSA) is 55.6 Å². The molecule has 5 nitrogen and oxygen atoms in total. The number of thiophene rings is 1. The van der Waals surface area contributed by atoms with Crippen LogP contribution < -0.4 is 10.2 Å². The van der Waals surface area contributed by atoms with Crippen LogP contribution in [0.1, 0.15) is 16.0 Å². The molecule has 0 bridgehead atoms. The van der Waals surface area contributed by atoms with Crippen LogP contribution in [-0.4, -0.2) is 16.2 Å². The van der Waals surface area contributed by atoms with E-state index in [1.165, 1.54) is 0 Å². The molecule has 1 amide bonds. The Balaban J connectivity index is 1.57. The lowest BCUT2D eigenvalue weighted by Crippen LogP contribution is -2.13. The van der Waals surface area contributed by atoms with Crippen molar-refractivity contribution in [2.24, 2.45) is 12.1 Å². The lowest BCUT2D eigenvalue weighted by atomic mass is 10.0. The molecule has 2 aromatic heterocycles. The number of hydrogen-bond acceptors (Lipinski definition) is 4. The SMILES string of the molecule is Cn1cc(/C=C2\C(=O)NN=C2c2cccs2)c2c(OCc3ccccc3)cccc21. The van der Waals surface area contributed by atoms with E-state index >= 15 is 0 Å². The Morgan fingerprint density at radius 3 is 2.77 bits per heavy atom. The van der Waals surface area contributed by atoms with Gasteiger partial charge in [0.1, 0.15) is 18.1 Å². The number of aromatic nitrogens is 1. The van der Waals surface area contributed by atoms with E-state index < -0.39 is 0 Å². The van der Waals surface area contributed by atoms with Gasteiger partial charge in [-0.05, 0) is 35.2 Å². The molecule has 0 saturated carbocycles. The molecule has 0 atom stereocenters. The van der Waals surface area contributed by atoms with Crippen molar-refractivity contribution in [3.63, 3.8) is 0 Å². The fourth-order valence-corrected chi connectivity index (χ4v) is 4.36. The van der Waals surface area contributed by atoms with E-state index in [-0.39, 0.29) is 5.91 Å². The van der Waals surface area contributed by atoms with Crippen LogP contribution in [0.15, 0.2) is 82.9 Å². The van der Waals surface area contributed by atoms with Gasteiger partial charge in [-0.2, -0.15) is 5.10 Å². The summed E-state index contributed by atoms with van der Waals surface area (Å²) in [6.07, 6.45) is 3.92. The van der Waals surface area contributed by atoms with Gasteiger partial charge in [0, 0.05) is 24.2 Å². The van der Waals surface area contributed by atoms with Crippen molar-refractivity contribution in [2.75, 3.05) is 0 Å². The number of nitrogens with zero attached hydrogens (tertiary/aromatic N) is 2. The van der Waals surface area contributed by atoms with E-state index in [2.05, 4.69) is 16.6 Å². The average molecular weight is 414 g/mol. The van der Waals surface area contributed by atoms with E-state index in [9.17, 15) is 4.79 Å². The number of ether oxygens (including phenoxy) is 1. The van der Waals surface area contributed by atoms with E-state index in [4.69, 9.17) is 4.74 Å². The standard InChI is InChI=1S/C24H19N3O2S/c1-27-14-17(13-18-23(25-26-24(18)28)21-11-6-12-30-21)22-19(27)9-5-10-20(22)29-15-16-7-3-2-4-8-16/h2-14H,15H2,1H3,(H,26,28)/b18-13-. The second kappa shape index (κ2) is 7.65. The Kier molecular flexibility index (Phi) is 4.69. The summed E-state index contributed by atoms with van der Waals surface area (Å²) in [5.74, 6) is 0.593. The highest BCUT2D eigenvalue weighted by Gasteiger charge is 2.25. The van der Waals surface area contributed by atoms with Crippen molar-refractivity contribution in [3.05, 3.63) is 93.8 Å². The number of carbonyl (C=O) groups excluding carboxylic acids is 1. The Morgan fingerprint density at radius 1 is 1.10 bits per heavy atom. The lowest BCUT2D eigenvalue weighted by molar-refractivity contribution is -0.116. The number of carbonyl (C=O) groups is 1. The fourth-order valence-electron chi connectivity index (χ4n) is 3.64. The molecule has 30 heavy (non-hydrogen) atoms. The van der Waals surface area contributed by atoms with Crippen LogP contribution in [0.5, 0.6) is 5.75 Å². The van der Waals surface area contributed by atoms with Gasteiger partial charge in [0.2, 0.25) is 0 Å². The molecule has 4 aromatic rings. The number of amides is 1. The first-order chi connectivity index (χ1) is 14.7. The molecule has 1 aliphatic heterocycles. The van der Waals surface area contributed by atoms with Crippen LogP contribution in [0.25, 0.3) is 17.0 Å². The number of fused-ring (bicyclic) bond motifs is 1. The molecule has 0 aliphatic carbocycles. The second-order valence-corrected chi connectivity index (χ2v) is 8.00. The second-order valence-electron chi connectivity index (χ2n) is 7.06. The highest BCUT2D eigenvalue weighted by atomic mass is 32.1. The van der Waals surface area contributed by atoms with Gasteiger partial charge in [-0.1, -0.05) is 42.5 Å².